The Morgan fingerprint density at radius 3 is 2.56 bits per heavy atom. The van der Waals surface area contributed by atoms with E-state index in [4.69, 9.17) is 28.2 Å². The molecule has 2 aliphatic rings. The molecular formula is C28H37Cl2N5O. The van der Waals surface area contributed by atoms with Crippen LogP contribution >= 0.6 is 23.2 Å². The smallest absolute Gasteiger partial charge is 0.224 e. The predicted octanol–water partition coefficient (Wildman–Crippen LogP) is 5.76. The summed E-state index contributed by atoms with van der Waals surface area (Å²) in [5, 5.41) is 7.74. The standard InChI is InChI=1S/C28H37Cl2N5O/c1-20-18-35(21(2)17-31-20)27(19-34-14-4-3-5-15-34)32-24-9-11-25(12-10-24)33-28(36)13-7-22-6-8-23(29)16-26(22)30/h6,8-12,16,20-21,31H,3-5,7,13-15,17-19H2,1-2H3,(H,33,36)/t20-,21+/m0/s1. The number of hydrogen-bond donors (Lipinski definition) is 2. The van der Waals surface area contributed by atoms with E-state index in [1.807, 2.05) is 30.3 Å². The van der Waals surface area contributed by atoms with E-state index >= 15 is 0 Å². The zero-order valence-electron chi connectivity index (χ0n) is 21.3. The molecule has 0 radical (unpaired) electrons. The molecule has 0 bridgehead atoms. The van der Waals surface area contributed by atoms with Gasteiger partial charge in [-0.15, -0.1) is 0 Å². The van der Waals surface area contributed by atoms with Crippen molar-refractivity contribution in [3.63, 3.8) is 0 Å². The fourth-order valence-electron chi connectivity index (χ4n) is 4.85. The molecule has 2 aliphatic heterocycles. The summed E-state index contributed by atoms with van der Waals surface area (Å²) in [6, 6.07) is 14.0. The molecular weight excluding hydrogens is 493 g/mol. The predicted molar refractivity (Wildman–Crippen MR) is 151 cm³/mol. The average molecular weight is 531 g/mol. The number of aliphatic imine (C=N–C) groups is 1. The van der Waals surface area contributed by atoms with Gasteiger partial charge < -0.3 is 15.5 Å². The molecule has 0 spiro atoms. The van der Waals surface area contributed by atoms with Gasteiger partial charge in [-0.3, -0.25) is 9.69 Å². The molecule has 2 heterocycles. The summed E-state index contributed by atoms with van der Waals surface area (Å²) >= 11 is 12.2. The van der Waals surface area contributed by atoms with Crippen LogP contribution in [0, 0.1) is 0 Å². The molecule has 2 atom stereocenters. The molecule has 2 fully saturated rings. The molecule has 2 saturated heterocycles. The number of amides is 1. The van der Waals surface area contributed by atoms with E-state index in [1.165, 1.54) is 19.3 Å². The van der Waals surface area contributed by atoms with Crippen LogP contribution in [-0.4, -0.2) is 66.4 Å². The molecule has 0 aromatic heterocycles. The first-order valence-electron chi connectivity index (χ1n) is 13.0. The highest BCUT2D eigenvalue weighted by Crippen LogP contribution is 2.23. The molecule has 0 saturated carbocycles. The number of piperazine rings is 1. The van der Waals surface area contributed by atoms with E-state index in [0.29, 0.717) is 35.0 Å². The number of carbonyl (C=O) groups is 1. The summed E-state index contributed by atoms with van der Waals surface area (Å²) in [7, 11) is 0. The Morgan fingerprint density at radius 2 is 1.83 bits per heavy atom. The maximum atomic E-state index is 12.5. The Bertz CT molecular complexity index is 1050. The first-order chi connectivity index (χ1) is 17.4. The number of hydrogen-bond acceptors (Lipinski definition) is 4. The number of likely N-dealkylation sites (tertiary alicyclic amines) is 1. The minimum absolute atomic E-state index is 0.0494. The van der Waals surface area contributed by atoms with Gasteiger partial charge in [0.25, 0.3) is 0 Å². The van der Waals surface area contributed by atoms with Gasteiger partial charge in [-0.25, -0.2) is 4.99 Å². The number of nitrogens with one attached hydrogen (secondary N) is 2. The average Bonchev–Trinajstić information content (AvgIpc) is 2.86. The Morgan fingerprint density at radius 1 is 1.08 bits per heavy atom. The van der Waals surface area contributed by atoms with E-state index in [-0.39, 0.29) is 5.91 Å². The second-order valence-electron chi connectivity index (χ2n) is 10.0. The highest BCUT2D eigenvalue weighted by Gasteiger charge is 2.26. The first-order valence-corrected chi connectivity index (χ1v) is 13.8. The zero-order chi connectivity index (χ0) is 25.5. The molecule has 6 nitrogen and oxygen atoms in total. The maximum absolute atomic E-state index is 12.5. The molecule has 2 aromatic carbocycles. The SMILES string of the molecule is C[C@@H]1CN[C@@H](C)CN1C(CN1CCCCC1)=Nc1ccc(NC(=O)CCc2ccc(Cl)cc2Cl)cc1. The van der Waals surface area contributed by atoms with Gasteiger partial charge in [-0.2, -0.15) is 0 Å². The van der Waals surface area contributed by atoms with Gasteiger partial charge in [0, 0.05) is 47.3 Å². The van der Waals surface area contributed by atoms with Crippen molar-refractivity contribution in [1.29, 1.82) is 0 Å². The molecule has 0 aliphatic carbocycles. The molecule has 1 amide bonds. The lowest BCUT2D eigenvalue weighted by atomic mass is 10.1. The topological polar surface area (TPSA) is 60.0 Å². The van der Waals surface area contributed by atoms with Crippen LogP contribution in [0.5, 0.6) is 0 Å². The normalized spacial score (nSPS) is 21.4. The molecule has 36 heavy (non-hydrogen) atoms. The number of carbonyl (C=O) groups excluding carboxylic acids is 1. The van der Waals surface area contributed by atoms with Gasteiger partial charge in [0.2, 0.25) is 5.91 Å². The van der Waals surface area contributed by atoms with Crippen molar-refractivity contribution in [2.75, 3.05) is 38.0 Å². The number of amidine groups is 1. The summed E-state index contributed by atoms with van der Waals surface area (Å²) in [6.07, 6.45) is 4.76. The summed E-state index contributed by atoms with van der Waals surface area (Å²) in [5.74, 6) is 1.08. The first kappa shape index (κ1) is 26.9. The summed E-state index contributed by atoms with van der Waals surface area (Å²) in [4.78, 5) is 22.6. The highest BCUT2D eigenvalue weighted by molar-refractivity contribution is 6.35. The summed E-state index contributed by atoms with van der Waals surface area (Å²) in [5.41, 5.74) is 2.59. The van der Waals surface area contributed by atoms with Crippen LogP contribution in [0.3, 0.4) is 0 Å². The van der Waals surface area contributed by atoms with E-state index in [1.54, 1.807) is 12.1 Å². The van der Waals surface area contributed by atoms with Gasteiger partial charge in [0.1, 0.15) is 5.84 Å². The van der Waals surface area contributed by atoms with Crippen LogP contribution in [0.1, 0.15) is 45.1 Å². The van der Waals surface area contributed by atoms with Crippen LogP contribution in [-0.2, 0) is 11.2 Å². The van der Waals surface area contributed by atoms with Crippen molar-refractivity contribution in [3.8, 4) is 0 Å². The van der Waals surface area contributed by atoms with Crippen LogP contribution in [0.25, 0.3) is 0 Å². The number of rotatable bonds is 7. The summed E-state index contributed by atoms with van der Waals surface area (Å²) in [6.45, 7) is 9.58. The van der Waals surface area contributed by atoms with Crippen LogP contribution in [0.4, 0.5) is 11.4 Å². The fraction of sp³-hybridized carbons (Fsp3) is 0.500. The van der Waals surface area contributed by atoms with Crippen LogP contribution in [0.2, 0.25) is 10.0 Å². The minimum atomic E-state index is -0.0494. The lowest BCUT2D eigenvalue weighted by molar-refractivity contribution is -0.116. The second kappa shape index (κ2) is 12.9. The highest BCUT2D eigenvalue weighted by atomic mass is 35.5. The van der Waals surface area contributed by atoms with Gasteiger partial charge in [-0.05, 0) is 88.2 Å². The van der Waals surface area contributed by atoms with Crippen molar-refractivity contribution in [2.24, 2.45) is 4.99 Å². The van der Waals surface area contributed by atoms with Crippen LogP contribution in [0.15, 0.2) is 47.5 Å². The van der Waals surface area contributed by atoms with Gasteiger partial charge in [0.05, 0.1) is 12.2 Å². The number of piperidine rings is 1. The third-order valence-corrected chi connectivity index (χ3v) is 7.54. The fourth-order valence-corrected chi connectivity index (χ4v) is 5.36. The Kier molecular flexibility index (Phi) is 9.66. The molecule has 8 heteroatoms. The Balaban J connectivity index is 1.40. The van der Waals surface area contributed by atoms with E-state index in [9.17, 15) is 4.79 Å². The van der Waals surface area contributed by atoms with Crippen molar-refractivity contribution < 1.29 is 4.79 Å². The minimum Gasteiger partial charge on any atom is -0.353 e. The number of nitrogens with zero attached hydrogens (tertiary/aromatic N) is 3. The zero-order valence-corrected chi connectivity index (χ0v) is 22.8. The quantitative estimate of drug-likeness (QED) is 0.353. The molecule has 4 rings (SSSR count). The Labute approximate surface area is 225 Å². The monoisotopic (exact) mass is 529 g/mol. The van der Waals surface area contributed by atoms with Gasteiger partial charge >= 0.3 is 0 Å². The maximum Gasteiger partial charge on any atom is 0.224 e. The number of benzene rings is 2. The van der Waals surface area contributed by atoms with Gasteiger partial charge in [0.15, 0.2) is 0 Å². The largest absolute Gasteiger partial charge is 0.353 e. The van der Waals surface area contributed by atoms with Crippen molar-refractivity contribution in [3.05, 3.63) is 58.1 Å². The number of halogens is 2. The Hall–Kier alpha value is -2.12. The molecule has 0 unspecified atom stereocenters. The van der Waals surface area contributed by atoms with Crippen LogP contribution < -0.4 is 10.6 Å². The molecule has 2 aromatic rings. The van der Waals surface area contributed by atoms with Crippen molar-refractivity contribution in [2.45, 2.75) is 58.0 Å². The van der Waals surface area contributed by atoms with E-state index in [0.717, 1.165) is 55.5 Å². The lowest BCUT2D eigenvalue weighted by Crippen LogP contribution is -2.58. The number of aryl methyl sites for hydroxylation is 1. The third-order valence-electron chi connectivity index (χ3n) is 6.96. The van der Waals surface area contributed by atoms with E-state index < -0.39 is 0 Å². The van der Waals surface area contributed by atoms with E-state index in [2.05, 4.69) is 34.3 Å². The van der Waals surface area contributed by atoms with Crippen molar-refractivity contribution in [1.82, 2.24) is 15.1 Å². The third kappa shape index (κ3) is 7.69. The second-order valence-corrected chi connectivity index (χ2v) is 10.8. The lowest BCUT2D eigenvalue weighted by Gasteiger charge is -2.41. The van der Waals surface area contributed by atoms with Gasteiger partial charge in [-0.1, -0.05) is 35.7 Å². The summed E-state index contributed by atoms with van der Waals surface area (Å²) < 4.78 is 0. The van der Waals surface area contributed by atoms with Crippen molar-refractivity contribution >= 4 is 46.3 Å². The molecule has 194 valence electrons. The number of anilines is 1. The molecule has 2 N–H and O–H groups in total.